The molecule has 0 bridgehead atoms. The van der Waals surface area contributed by atoms with Crippen molar-refractivity contribution >= 4 is 27.8 Å². The summed E-state index contributed by atoms with van der Waals surface area (Å²) in [5, 5.41) is 2.87. The Balaban J connectivity index is 1.83. The highest BCUT2D eigenvalue weighted by Gasteiger charge is 2.22. The van der Waals surface area contributed by atoms with E-state index in [-0.39, 0.29) is 6.09 Å². The van der Waals surface area contributed by atoms with Crippen LogP contribution in [0.2, 0.25) is 0 Å². The predicted molar refractivity (Wildman–Crippen MR) is 91.1 cm³/mol. The topological polar surface area (TPSA) is 54.5 Å². The van der Waals surface area contributed by atoms with E-state index in [9.17, 15) is 4.79 Å². The lowest BCUT2D eigenvalue weighted by molar-refractivity contribution is 0.0517. The number of carbonyl (C=O) groups is 1. The van der Waals surface area contributed by atoms with E-state index < -0.39 is 5.60 Å². The van der Waals surface area contributed by atoms with Gasteiger partial charge >= 0.3 is 6.09 Å². The third-order valence-electron chi connectivity index (χ3n) is 3.49. The largest absolute Gasteiger partial charge is 0.444 e. The SMILES string of the molecule is CC(C)(C)OC(=O)NC[C@H]1CCCN(c2ccc(Br)cn2)C1. The first-order chi connectivity index (χ1) is 10.3. The molecule has 22 heavy (non-hydrogen) atoms. The number of anilines is 1. The van der Waals surface area contributed by atoms with Crippen LogP contribution in [0.15, 0.2) is 22.8 Å². The molecule has 1 amide bonds. The molecule has 5 nitrogen and oxygen atoms in total. The molecule has 6 heteroatoms. The second-order valence-corrected chi connectivity index (χ2v) is 7.59. The van der Waals surface area contributed by atoms with Gasteiger partial charge in [-0.3, -0.25) is 0 Å². The number of ether oxygens (including phenoxy) is 1. The van der Waals surface area contributed by atoms with Gasteiger partial charge in [0.05, 0.1) is 0 Å². The van der Waals surface area contributed by atoms with Gasteiger partial charge in [-0.15, -0.1) is 0 Å². The summed E-state index contributed by atoms with van der Waals surface area (Å²) in [7, 11) is 0. The van der Waals surface area contributed by atoms with Crippen LogP contribution in [0.3, 0.4) is 0 Å². The van der Waals surface area contributed by atoms with Gasteiger partial charge in [-0.1, -0.05) is 0 Å². The van der Waals surface area contributed by atoms with Crippen LogP contribution >= 0.6 is 15.9 Å². The number of pyridine rings is 1. The minimum atomic E-state index is -0.454. The van der Waals surface area contributed by atoms with Crippen LogP contribution in [0.4, 0.5) is 10.6 Å². The lowest BCUT2D eigenvalue weighted by Crippen LogP contribution is -2.42. The monoisotopic (exact) mass is 369 g/mol. The zero-order chi connectivity index (χ0) is 16.2. The molecule has 0 radical (unpaired) electrons. The summed E-state index contributed by atoms with van der Waals surface area (Å²) >= 11 is 3.40. The summed E-state index contributed by atoms with van der Waals surface area (Å²) in [5.74, 6) is 1.41. The molecular formula is C16H24BrN3O2. The van der Waals surface area contributed by atoms with E-state index in [0.29, 0.717) is 12.5 Å². The first kappa shape index (κ1) is 17.1. The minimum absolute atomic E-state index is 0.341. The van der Waals surface area contributed by atoms with Gasteiger partial charge in [-0.25, -0.2) is 9.78 Å². The van der Waals surface area contributed by atoms with Gasteiger partial charge in [0, 0.05) is 30.3 Å². The lowest BCUT2D eigenvalue weighted by atomic mass is 9.98. The van der Waals surface area contributed by atoms with Crippen molar-refractivity contribution in [2.24, 2.45) is 5.92 Å². The van der Waals surface area contributed by atoms with E-state index in [1.165, 1.54) is 0 Å². The van der Waals surface area contributed by atoms with Crippen molar-refractivity contribution in [3.05, 3.63) is 22.8 Å². The molecule has 122 valence electrons. The van der Waals surface area contributed by atoms with Crippen LogP contribution in [-0.2, 0) is 4.74 Å². The van der Waals surface area contributed by atoms with Crippen molar-refractivity contribution in [3.63, 3.8) is 0 Å². The van der Waals surface area contributed by atoms with E-state index >= 15 is 0 Å². The number of hydrogen-bond acceptors (Lipinski definition) is 4. The Hall–Kier alpha value is -1.30. The smallest absolute Gasteiger partial charge is 0.407 e. The Labute approximate surface area is 140 Å². The molecule has 0 spiro atoms. The van der Waals surface area contributed by atoms with Crippen LogP contribution in [0.1, 0.15) is 33.6 Å². The van der Waals surface area contributed by atoms with Gasteiger partial charge < -0.3 is 15.0 Å². The summed E-state index contributed by atoms with van der Waals surface area (Å²) in [6.07, 6.45) is 3.70. The molecule has 0 saturated carbocycles. The van der Waals surface area contributed by atoms with Crippen molar-refractivity contribution in [1.29, 1.82) is 0 Å². The number of hydrogen-bond donors (Lipinski definition) is 1. The Morgan fingerprint density at radius 1 is 1.50 bits per heavy atom. The van der Waals surface area contributed by atoms with Crippen LogP contribution in [0, 0.1) is 5.92 Å². The molecule has 2 rings (SSSR count). The van der Waals surface area contributed by atoms with Gasteiger partial charge in [0.1, 0.15) is 11.4 Å². The van der Waals surface area contributed by atoms with Crippen LogP contribution in [0.5, 0.6) is 0 Å². The number of carbonyl (C=O) groups excluding carboxylic acids is 1. The summed E-state index contributed by atoms with van der Waals surface area (Å²) in [5.41, 5.74) is -0.454. The zero-order valence-electron chi connectivity index (χ0n) is 13.4. The standard InChI is InChI=1S/C16H24BrN3O2/c1-16(2,3)22-15(21)19-9-12-5-4-8-20(11-12)14-7-6-13(17)10-18-14/h6-7,10,12H,4-5,8-9,11H2,1-3H3,(H,19,21)/t12-/m1/s1. The zero-order valence-corrected chi connectivity index (χ0v) is 15.0. The molecule has 1 saturated heterocycles. The Morgan fingerprint density at radius 3 is 2.91 bits per heavy atom. The van der Waals surface area contributed by atoms with Crippen LogP contribution < -0.4 is 10.2 Å². The minimum Gasteiger partial charge on any atom is -0.444 e. The lowest BCUT2D eigenvalue weighted by Gasteiger charge is -2.33. The summed E-state index contributed by atoms with van der Waals surface area (Å²) in [4.78, 5) is 18.4. The number of nitrogens with one attached hydrogen (secondary N) is 1. The molecule has 0 aliphatic carbocycles. The maximum atomic E-state index is 11.7. The van der Waals surface area contributed by atoms with E-state index in [1.54, 1.807) is 0 Å². The fraction of sp³-hybridized carbons (Fsp3) is 0.625. The predicted octanol–water partition coefficient (Wildman–Crippen LogP) is 3.59. The van der Waals surface area contributed by atoms with Crippen LogP contribution in [-0.4, -0.2) is 36.3 Å². The number of piperidine rings is 1. The maximum absolute atomic E-state index is 11.7. The molecule has 1 aromatic rings. The number of amides is 1. The van der Waals surface area contributed by atoms with Gasteiger partial charge in [0.15, 0.2) is 0 Å². The van der Waals surface area contributed by atoms with Crippen molar-refractivity contribution in [3.8, 4) is 0 Å². The molecule has 1 aliphatic rings. The molecule has 1 aromatic heterocycles. The van der Waals surface area contributed by atoms with E-state index in [1.807, 2.05) is 39.1 Å². The number of rotatable bonds is 3. The maximum Gasteiger partial charge on any atom is 0.407 e. The van der Waals surface area contributed by atoms with E-state index in [0.717, 1.165) is 36.2 Å². The first-order valence-electron chi connectivity index (χ1n) is 7.67. The summed E-state index contributed by atoms with van der Waals surface area (Å²) < 4.78 is 6.25. The molecule has 1 fully saturated rings. The van der Waals surface area contributed by atoms with Gasteiger partial charge in [0.2, 0.25) is 0 Å². The van der Waals surface area contributed by atoms with Crippen molar-refractivity contribution in [2.45, 2.75) is 39.2 Å². The number of alkyl carbamates (subject to hydrolysis) is 1. The van der Waals surface area contributed by atoms with E-state index in [4.69, 9.17) is 4.74 Å². The van der Waals surface area contributed by atoms with Gasteiger partial charge in [-0.05, 0) is 67.6 Å². The van der Waals surface area contributed by atoms with Crippen molar-refractivity contribution in [2.75, 3.05) is 24.5 Å². The molecule has 2 heterocycles. The quantitative estimate of drug-likeness (QED) is 0.884. The van der Waals surface area contributed by atoms with Gasteiger partial charge in [-0.2, -0.15) is 0 Å². The second kappa shape index (κ2) is 7.31. The average Bonchev–Trinajstić information content (AvgIpc) is 2.44. The molecule has 1 aliphatic heterocycles. The summed E-state index contributed by atoms with van der Waals surface area (Å²) in [6, 6.07) is 4.03. The Kier molecular flexibility index (Phi) is 5.67. The van der Waals surface area contributed by atoms with Gasteiger partial charge in [0.25, 0.3) is 0 Å². The third kappa shape index (κ3) is 5.48. The fourth-order valence-electron chi connectivity index (χ4n) is 2.54. The number of nitrogens with zero attached hydrogens (tertiary/aromatic N) is 2. The molecule has 0 aromatic carbocycles. The molecule has 0 unspecified atom stereocenters. The fourth-order valence-corrected chi connectivity index (χ4v) is 2.77. The Morgan fingerprint density at radius 2 is 2.27 bits per heavy atom. The molecular weight excluding hydrogens is 346 g/mol. The highest BCUT2D eigenvalue weighted by molar-refractivity contribution is 9.10. The average molecular weight is 370 g/mol. The summed E-state index contributed by atoms with van der Waals surface area (Å²) in [6.45, 7) is 8.17. The number of halogens is 1. The first-order valence-corrected chi connectivity index (χ1v) is 8.46. The van der Waals surface area contributed by atoms with Crippen molar-refractivity contribution < 1.29 is 9.53 Å². The highest BCUT2D eigenvalue weighted by Crippen LogP contribution is 2.22. The van der Waals surface area contributed by atoms with Crippen molar-refractivity contribution in [1.82, 2.24) is 10.3 Å². The third-order valence-corrected chi connectivity index (χ3v) is 3.96. The molecule has 1 N–H and O–H groups in total. The second-order valence-electron chi connectivity index (χ2n) is 6.67. The number of aromatic nitrogens is 1. The molecule has 1 atom stereocenters. The van der Waals surface area contributed by atoms with Crippen LogP contribution in [0.25, 0.3) is 0 Å². The normalized spacial score (nSPS) is 18.9. The highest BCUT2D eigenvalue weighted by atomic mass is 79.9. The van der Waals surface area contributed by atoms with E-state index in [2.05, 4.69) is 31.1 Å². The Bertz CT molecular complexity index is 499.